The number of nitrogens with one attached hydrogen (secondary N) is 2. The van der Waals surface area contributed by atoms with E-state index in [1.54, 1.807) is 0 Å². The van der Waals surface area contributed by atoms with Crippen LogP contribution in [0, 0.1) is 0 Å². The van der Waals surface area contributed by atoms with E-state index in [2.05, 4.69) is 9.97 Å². The minimum Gasteiger partial charge on any atom is -0.329 e. The number of hydrogen-bond acceptors (Lipinski definition) is 5. The number of aromatic nitrogens is 2. The second-order valence-corrected chi connectivity index (χ2v) is 7.17. The highest BCUT2D eigenvalue weighted by molar-refractivity contribution is 7.92. The van der Waals surface area contributed by atoms with Gasteiger partial charge in [-0.05, 0) is 6.07 Å². The van der Waals surface area contributed by atoms with E-state index in [9.17, 15) is 18.0 Å². The zero-order chi connectivity index (χ0) is 16.7. The summed E-state index contributed by atoms with van der Waals surface area (Å²) < 4.78 is 24.9. The molecule has 0 fully saturated rings. The fraction of sp³-hybridized carbons (Fsp3) is 0.273. The minimum atomic E-state index is -3.74. The van der Waals surface area contributed by atoms with E-state index >= 15 is 0 Å². The Morgan fingerprint density at radius 3 is 2.36 bits per heavy atom. The van der Waals surface area contributed by atoms with Crippen molar-refractivity contribution < 1.29 is 8.42 Å². The molecule has 0 atom stereocenters. The average molecular weight is 367 g/mol. The zero-order valence-electron chi connectivity index (χ0n) is 11.3. The summed E-state index contributed by atoms with van der Waals surface area (Å²) in [7, 11) is -3.74. The summed E-state index contributed by atoms with van der Waals surface area (Å²) in [6.07, 6.45) is 0.968. The van der Waals surface area contributed by atoms with Crippen LogP contribution < -0.4 is 21.2 Å². The number of nitrogens with zero attached hydrogens (tertiary/aromatic N) is 1. The number of aromatic amines is 2. The number of H-pyrrole nitrogens is 2. The van der Waals surface area contributed by atoms with Crippen molar-refractivity contribution in [3.05, 3.63) is 36.8 Å². The average Bonchev–Trinajstić information content (AvgIpc) is 2.40. The van der Waals surface area contributed by atoms with E-state index in [1.807, 2.05) is 0 Å². The number of halogens is 2. The van der Waals surface area contributed by atoms with Gasteiger partial charge in [0.1, 0.15) is 0 Å². The first-order chi connectivity index (χ1) is 10.2. The highest BCUT2D eigenvalue weighted by atomic mass is 35.5. The predicted octanol–water partition coefficient (Wildman–Crippen LogP) is 0.248. The van der Waals surface area contributed by atoms with Crippen LogP contribution in [0.3, 0.4) is 0 Å². The fourth-order valence-electron chi connectivity index (χ4n) is 1.98. The third-order valence-corrected chi connectivity index (χ3v) is 4.81. The van der Waals surface area contributed by atoms with E-state index in [1.165, 1.54) is 6.07 Å². The Labute approximate surface area is 134 Å². The van der Waals surface area contributed by atoms with Crippen LogP contribution in [0.15, 0.2) is 15.7 Å². The van der Waals surface area contributed by atoms with Gasteiger partial charge >= 0.3 is 11.1 Å². The summed E-state index contributed by atoms with van der Waals surface area (Å²) in [5.74, 6) is 0. The van der Waals surface area contributed by atoms with Crippen LogP contribution in [-0.4, -0.2) is 37.7 Å². The van der Waals surface area contributed by atoms with Crippen molar-refractivity contribution in [2.24, 2.45) is 5.73 Å². The molecule has 1 aromatic carbocycles. The first-order valence-corrected chi connectivity index (χ1v) is 8.59. The Balaban J connectivity index is 2.97. The van der Waals surface area contributed by atoms with Crippen LogP contribution in [0.25, 0.3) is 11.0 Å². The second kappa shape index (κ2) is 5.92. The molecule has 0 aliphatic carbocycles. The van der Waals surface area contributed by atoms with Crippen molar-refractivity contribution >= 4 is 49.9 Å². The van der Waals surface area contributed by atoms with Gasteiger partial charge in [-0.15, -0.1) is 0 Å². The van der Waals surface area contributed by atoms with Gasteiger partial charge in [-0.2, -0.15) is 0 Å². The maximum Gasteiger partial charge on any atom is 0.314 e. The van der Waals surface area contributed by atoms with Gasteiger partial charge in [-0.25, -0.2) is 8.42 Å². The van der Waals surface area contributed by atoms with E-state index in [-0.39, 0.29) is 39.9 Å². The van der Waals surface area contributed by atoms with Gasteiger partial charge in [-0.3, -0.25) is 13.9 Å². The van der Waals surface area contributed by atoms with Crippen molar-refractivity contribution in [2.45, 2.75) is 0 Å². The first kappa shape index (κ1) is 16.8. The predicted molar refractivity (Wildman–Crippen MR) is 86.5 cm³/mol. The van der Waals surface area contributed by atoms with Crippen LogP contribution in [0.2, 0.25) is 10.0 Å². The molecule has 0 radical (unpaired) electrons. The summed E-state index contributed by atoms with van der Waals surface area (Å²) in [5.41, 5.74) is 3.78. The number of sulfonamides is 1. The fourth-order valence-corrected chi connectivity index (χ4v) is 3.43. The quantitative estimate of drug-likeness (QED) is 0.667. The molecule has 11 heteroatoms. The lowest BCUT2D eigenvalue weighted by atomic mass is 10.2. The summed E-state index contributed by atoms with van der Waals surface area (Å²) in [5, 5.41) is -0.0479. The largest absolute Gasteiger partial charge is 0.329 e. The molecule has 0 aliphatic heterocycles. The van der Waals surface area contributed by atoms with E-state index in [0.29, 0.717) is 0 Å². The second-order valence-electron chi connectivity index (χ2n) is 4.48. The van der Waals surface area contributed by atoms with Crippen molar-refractivity contribution in [1.29, 1.82) is 0 Å². The summed E-state index contributed by atoms with van der Waals surface area (Å²) in [6, 6.07) is 1.32. The van der Waals surface area contributed by atoms with Crippen molar-refractivity contribution in [2.75, 3.05) is 23.7 Å². The number of rotatable bonds is 4. The van der Waals surface area contributed by atoms with Gasteiger partial charge in [-0.1, -0.05) is 23.2 Å². The molecule has 1 aromatic heterocycles. The van der Waals surface area contributed by atoms with Gasteiger partial charge < -0.3 is 15.7 Å². The maximum atomic E-state index is 12.0. The molecule has 0 amide bonds. The minimum absolute atomic E-state index is 0.0188. The zero-order valence-corrected chi connectivity index (χ0v) is 13.6. The molecular formula is C11H12Cl2N4O4S. The molecule has 120 valence electrons. The molecule has 0 bridgehead atoms. The molecule has 0 unspecified atom stereocenters. The Hall–Kier alpha value is -1.55. The normalized spacial score (nSPS) is 11.8. The monoisotopic (exact) mass is 366 g/mol. The Bertz CT molecular complexity index is 951. The van der Waals surface area contributed by atoms with Gasteiger partial charge in [0.05, 0.1) is 33.0 Å². The lowest BCUT2D eigenvalue weighted by molar-refractivity contribution is 0.597. The van der Waals surface area contributed by atoms with Gasteiger partial charge in [0.25, 0.3) is 0 Å². The Kier molecular flexibility index (Phi) is 4.52. The van der Waals surface area contributed by atoms with Gasteiger partial charge in [0.2, 0.25) is 10.0 Å². The van der Waals surface area contributed by atoms with Gasteiger partial charge in [0, 0.05) is 13.1 Å². The molecule has 4 N–H and O–H groups in total. The first-order valence-electron chi connectivity index (χ1n) is 5.99. The molecule has 0 saturated carbocycles. The third kappa shape index (κ3) is 2.98. The van der Waals surface area contributed by atoms with Crippen LogP contribution in [0.5, 0.6) is 0 Å². The summed E-state index contributed by atoms with van der Waals surface area (Å²) in [4.78, 5) is 27.6. The number of hydrogen-bond donors (Lipinski definition) is 3. The topological polar surface area (TPSA) is 129 Å². The van der Waals surface area contributed by atoms with Crippen molar-refractivity contribution in [3.8, 4) is 0 Å². The van der Waals surface area contributed by atoms with E-state index in [4.69, 9.17) is 28.9 Å². The summed E-state index contributed by atoms with van der Waals surface area (Å²) in [6.45, 7) is -0.0554. The van der Waals surface area contributed by atoms with E-state index < -0.39 is 21.1 Å². The van der Waals surface area contributed by atoms with E-state index in [0.717, 1.165) is 10.6 Å². The molecule has 1 heterocycles. The molecule has 0 saturated heterocycles. The van der Waals surface area contributed by atoms with Crippen molar-refractivity contribution in [1.82, 2.24) is 9.97 Å². The van der Waals surface area contributed by atoms with Crippen LogP contribution >= 0.6 is 23.2 Å². The van der Waals surface area contributed by atoms with Crippen LogP contribution in [-0.2, 0) is 10.0 Å². The molecule has 2 aromatic rings. The highest BCUT2D eigenvalue weighted by Crippen LogP contribution is 2.38. The van der Waals surface area contributed by atoms with Crippen LogP contribution in [0.4, 0.5) is 5.69 Å². The standard InChI is InChI=1S/C11H12Cl2N4O4S/c1-22(20,21)17(3-2-14)9-7(13)5(12)4-6-8(9)16-11(19)10(18)15-6/h4H,2-3,14H2,1H3,(H,15,18)(H,16,19). The Morgan fingerprint density at radius 2 is 1.82 bits per heavy atom. The highest BCUT2D eigenvalue weighted by Gasteiger charge is 2.24. The SMILES string of the molecule is CS(=O)(=O)N(CCN)c1c(Cl)c(Cl)cc2[nH]c(=O)c(=O)[nH]c12. The van der Waals surface area contributed by atoms with Crippen LogP contribution in [0.1, 0.15) is 0 Å². The third-order valence-electron chi connectivity index (χ3n) is 2.87. The number of nitrogens with two attached hydrogens (primary N) is 1. The molecule has 0 aliphatic rings. The number of fused-ring (bicyclic) bond motifs is 1. The number of benzene rings is 1. The smallest absolute Gasteiger partial charge is 0.314 e. The van der Waals surface area contributed by atoms with Gasteiger partial charge in [0.15, 0.2) is 0 Å². The molecule has 0 spiro atoms. The maximum absolute atomic E-state index is 12.0. The van der Waals surface area contributed by atoms with Crippen molar-refractivity contribution in [3.63, 3.8) is 0 Å². The Morgan fingerprint density at radius 1 is 1.23 bits per heavy atom. The molecule has 2 rings (SSSR count). The lowest BCUT2D eigenvalue weighted by Crippen LogP contribution is -2.36. The molecular weight excluding hydrogens is 355 g/mol. The lowest BCUT2D eigenvalue weighted by Gasteiger charge is -2.24. The number of anilines is 1. The molecule has 8 nitrogen and oxygen atoms in total. The molecule has 22 heavy (non-hydrogen) atoms. The summed E-state index contributed by atoms with van der Waals surface area (Å²) >= 11 is 12.1.